The molecule has 0 N–H and O–H groups in total. The molecular formula is C16H28O3. The zero-order valence-electron chi connectivity index (χ0n) is 12.7. The molecule has 1 saturated carbocycles. The summed E-state index contributed by atoms with van der Waals surface area (Å²) in [6.07, 6.45) is 5.31. The van der Waals surface area contributed by atoms with Crippen molar-refractivity contribution in [3.8, 4) is 0 Å². The molecule has 3 rings (SSSR count). The molecule has 0 aromatic rings. The summed E-state index contributed by atoms with van der Waals surface area (Å²) in [4.78, 5) is 0. The molecule has 0 amide bonds. The maximum absolute atomic E-state index is 6.18. The molecule has 19 heavy (non-hydrogen) atoms. The second-order valence-corrected chi connectivity index (χ2v) is 6.95. The average Bonchev–Trinajstić information content (AvgIpc) is 2.56. The molecule has 3 fully saturated rings. The Morgan fingerprint density at radius 2 is 1.63 bits per heavy atom. The second kappa shape index (κ2) is 5.34. The van der Waals surface area contributed by atoms with Gasteiger partial charge in [-0.15, -0.1) is 0 Å². The van der Waals surface area contributed by atoms with Crippen molar-refractivity contribution in [1.82, 2.24) is 0 Å². The number of ether oxygens (including phenoxy) is 3. The Morgan fingerprint density at radius 3 is 2.37 bits per heavy atom. The third-order valence-electron chi connectivity index (χ3n) is 5.87. The first-order chi connectivity index (χ1) is 9.11. The van der Waals surface area contributed by atoms with Crippen molar-refractivity contribution in [3.05, 3.63) is 0 Å². The van der Waals surface area contributed by atoms with Crippen LogP contribution in [-0.4, -0.2) is 25.8 Å². The summed E-state index contributed by atoms with van der Waals surface area (Å²) in [7, 11) is 1.75. The van der Waals surface area contributed by atoms with Crippen LogP contribution in [-0.2, 0) is 14.2 Å². The van der Waals surface area contributed by atoms with E-state index in [1.165, 1.54) is 25.7 Å². The summed E-state index contributed by atoms with van der Waals surface area (Å²) in [5.74, 6) is 3.35. The van der Waals surface area contributed by atoms with Gasteiger partial charge in [0.2, 0.25) is 0 Å². The van der Waals surface area contributed by atoms with Crippen LogP contribution < -0.4 is 0 Å². The zero-order chi connectivity index (χ0) is 13.6. The lowest BCUT2D eigenvalue weighted by Crippen LogP contribution is -2.53. The van der Waals surface area contributed by atoms with Gasteiger partial charge in [0, 0.05) is 18.9 Å². The Hall–Kier alpha value is -0.120. The molecule has 0 bridgehead atoms. The van der Waals surface area contributed by atoms with Gasteiger partial charge in [0.05, 0.1) is 6.10 Å². The molecular weight excluding hydrogens is 240 g/mol. The number of rotatable bonds is 1. The van der Waals surface area contributed by atoms with Gasteiger partial charge >= 0.3 is 0 Å². The standard InChI is InChI=1S/C16H28O3/c1-9-5-7-13-11(3)15(17-4)19-16-14(13)12(9)8-6-10(2)18-16/h9-16H,5-8H2,1-4H3/t9-,10?,11-,12?,13?,14?,15?,16+/m1/s1. The van der Waals surface area contributed by atoms with Gasteiger partial charge in [0.1, 0.15) is 0 Å². The van der Waals surface area contributed by atoms with E-state index in [2.05, 4.69) is 20.8 Å². The molecule has 3 aliphatic rings. The summed E-state index contributed by atoms with van der Waals surface area (Å²) in [5.41, 5.74) is 0. The highest BCUT2D eigenvalue weighted by Crippen LogP contribution is 2.52. The number of hydrogen-bond donors (Lipinski definition) is 0. The van der Waals surface area contributed by atoms with E-state index in [0.29, 0.717) is 23.9 Å². The molecule has 3 nitrogen and oxygen atoms in total. The van der Waals surface area contributed by atoms with Crippen LogP contribution in [0.2, 0.25) is 0 Å². The largest absolute Gasteiger partial charge is 0.355 e. The van der Waals surface area contributed by atoms with Crippen molar-refractivity contribution >= 4 is 0 Å². The minimum absolute atomic E-state index is 0.0450. The van der Waals surface area contributed by atoms with Crippen LogP contribution in [0.1, 0.15) is 46.5 Å². The fraction of sp³-hybridized carbons (Fsp3) is 1.00. The molecule has 1 aliphatic carbocycles. The smallest absolute Gasteiger partial charge is 0.164 e. The Balaban J connectivity index is 1.89. The van der Waals surface area contributed by atoms with Crippen molar-refractivity contribution in [3.63, 3.8) is 0 Å². The summed E-state index contributed by atoms with van der Waals surface area (Å²) >= 11 is 0. The Bertz CT molecular complexity index is 319. The molecule has 2 heterocycles. The highest BCUT2D eigenvalue weighted by molar-refractivity contribution is 4.95. The van der Waals surface area contributed by atoms with Gasteiger partial charge in [-0.2, -0.15) is 0 Å². The van der Waals surface area contributed by atoms with E-state index in [1.54, 1.807) is 7.11 Å². The second-order valence-electron chi connectivity index (χ2n) is 6.95. The topological polar surface area (TPSA) is 27.7 Å². The van der Waals surface area contributed by atoms with Crippen LogP contribution in [0.15, 0.2) is 0 Å². The van der Waals surface area contributed by atoms with E-state index >= 15 is 0 Å². The van der Waals surface area contributed by atoms with E-state index in [9.17, 15) is 0 Å². The average molecular weight is 268 g/mol. The lowest BCUT2D eigenvalue weighted by molar-refractivity contribution is -0.328. The fourth-order valence-corrected chi connectivity index (χ4v) is 4.72. The van der Waals surface area contributed by atoms with Crippen LogP contribution in [0.3, 0.4) is 0 Å². The first kappa shape index (κ1) is 13.8. The molecule has 110 valence electrons. The minimum Gasteiger partial charge on any atom is -0.355 e. The molecule has 0 radical (unpaired) electrons. The first-order valence-electron chi connectivity index (χ1n) is 7.95. The minimum atomic E-state index is -0.0920. The van der Waals surface area contributed by atoms with Crippen LogP contribution in [0.25, 0.3) is 0 Å². The molecule has 5 unspecified atom stereocenters. The predicted molar refractivity (Wildman–Crippen MR) is 73.5 cm³/mol. The van der Waals surface area contributed by atoms with E-state index in [-0.39, 0.29) is 12.6 Å². The predicted octanol–water partition coefficient (Wildman–Crippen LogP) is 3.43. The van der Waals surface area contributed by atoms with E-state index in [0.717, 1.165) is 11.8 Å². The molecule has 0 spiro atoms. The Labute approximate surface area is 117 Å². The molecule has 0 aromatic heterocycles. The van der Waals surface area contributed by atoms with E-state index in [4.69, 9.17) is 14.2 Å². The van der Waals surface area contributed by atoms with Gasteiger partial charge in [-0.25, -0.2) is 0 Å². The van der Waals surface area contributed by atoms with Crippen molar-refractivity contribution in [2.75, 3.05) is 7.11 Å². The maximum atomic E-state index is 6.18. The summed E-state index contributed by atoms with van der Waals surface area (Å²) in [6, 6.07) is 0. The molecule has 3 heteroatoms. The Morgan fingerprint density at radius 1 is 0.895 bits per heavy atom. The number of hydrogen-bond acceptors (Lipinski definition) is 3. The highest BCUT2D eigenvalue weighted by Gasteiger charge is 2.52. The summed E-state index contributed by atoms with van der Waals surface area (Å²) in [5, 5.41) is 0. The Kier molecular flexibility index (Phi) is 3.89. The van der Waals surface area contributed by atoms with Crippen molar-refractivity contribution in [2.24, 2.45) is 29.6 Å². The van der Waals surface area contributed by atoms with Crippen LogP contribution in [0.4, 0.5) is 0 Å². The van der Waals surface area contributed by atoms with Crippen LogP contribution in [0.5, 0.6) is 0 Å². The monoisotopic (exact) mass is 268 g/mol. The van der Waals surface area contributed by atoms with Gasteiger partial charge in [0.25, 0.3) is 0 Å². The lowest BCUT2D eigenvalue weighted by Gasteiger charge is -2.51. The van der Waals surface area contributed by atoms with Crippen LogP contribution >= 0.6 is 0 Å². The quantitative estimate of drug-likeness (QED) is 0.729. The van der Waals surface area contributed by atoms with Crippen molar-refractivity contribution in [1.29, 1.82) is 0 Å². The normalized spacial score (nSPS) is 54.3. The molecule has 0 aromatic carbocycles. The SMILES string of the molecule is COC1O[C@@H]2OC(C)CCC3C2C(CC[C@H]3C)[C@H]1C. The summed E-state index contributed by atoms with van der Waals surface area (Å²) < 4.78 is 17.9. The highest BCUT2D eigenvalue weighted by atomic mass is 16.8. The summed E-state index contributed by atoms with van der Waals surface area (Å²) in [6.45, 7) is 6.89. The van der Waals surface area contributed by atoms with Gasteiger partial charge in [-0.1, -0.05) is 20.3 Å². The van der Waals surface area contributed by atoms with E-state index in [1.807, 2.05) is 0 Å². The van der Waals surface area contributed by atoms with Gasteiger partial charge < -0.3 is 14.2 Å². The third kappa shape index (κ3) is 2.34. The van der Waals surface area contributed by atoms with E-state index < -0.39 is 0 Å². The van der Waals surface area contributed by atoms with Crippen molar-refractivity contribution < 1.29 is 14.2 Å². The molecule has 2 aliphatic heterocycles. The maximum Gasteiger partial charge on any atom is 0.164 e. The van der Waals surface area contributed by atoms with Gasteiger partial charge in [-0.05, 0) is 43.9 Å². The number of methoxy groups -OCH3 is 1. The fourth-order valence-electron chi connectivity index (χ4n) is 4.72. The lowest BCUT2D eigenvalue weighted by atomic mass is 9.61. The van der Waals surface area contributed by atoms with Crippen LogP contribution in [0, 0.1) is 29.6 Å². The zero-order valence-corrected chi connectivity index (χ0v) is 12.7. The molecule has 2 saturated heterocycles. The van der Waals surface area contributed by atoms with Gasteiger partial charge in [-0.3, -0.25) is 0 Å². The first-order valence-corrected chi connectivity index (χ1v) is 7.95. The van der Waals surface area contributed by atoms with Crippen molar-refractivity contribution in [2.45, 2.75) is 65.1 Å². The van der Waals surface area contributed by atoms with Gasteiger partial charge in [0.15, 0.2) is 12.6 Å². The third-order valence-corrected chi connectivity index (χ3v) is 5.87. The molecule has 8 atom stereocenters.